The number of amides is 1. The molecule has 1 heterocycles. The Labute approximate surface area is 107 Å². The second-order valence-corrected chi connectivity index (χ2v) is 4.72. The van der Waals surface area contributed by atoms with Crippen molar-refractivity contribution in [3.63, 3.8) is 0 Å². The van der Waals surface area contributed by atoms with Crippen molar-refractivity contribution < 1.29 is 14.6 Å². The fourth-order valence-electron chi connectivity index (χ4n) is 2.06. The lowest BCUT2D eigenvalue weighted by atomic mass is 10.0. The van der Waals surface area contributed by atoms with E-state index in [9.17, 15) is 4.79 Å². The second-order valence-electron chi connectivity index (χ2n) is 4.72. The number of carbonyl (C=O) groups excluding carboxylic acids is 1. The zero-order valence-electron chi connectivity index (χ0n) is 10.8. The molecule has 1 unspecified atom stereocenters. The van der Waals surface area contributed by atoms with Crippen molar-refractivity contribution in [1.29, 1.82) is 0 Å². The van der Waals surface area contributed by atoms with Crippen molar-refractivity contribution in [3.05, 3.63) is 28.8 Å². The lowest BCUT2D eigenvalue weighted by Gasteiger charge is -2.10. The van der Waals surface area contributed by atoms with Crippen molar-refractivity contribution in [2.45, 2.75) is 32.8 Å². The minimum absolute atomic E-state index is 0.0877. The largest absolute Gasteiger partial charge is 0.480 e. The third-order valence-electron chi connectivity index (χ3n) is 3.28. The van der Waals surface area contributed by atoms with E-state index < -0.39 is 6.10 Å². The summed E-state index contributed by atoms with van der Waals surface area (Å²) < 4.78 is 5.66. The van der Waals surface area contributed by atoms with Gasteiger partial charge in [0.1, 0.15) is 5.75 Å². The van der Waals surface area contributed by atoms with E-state index in [0.717, 1.165) is 11.3 Å². The minimum Gasteiger partial charge on any atom is -0.480 e. The maximum absolute atomic E-state index is 11.8. The third-order valence-corrected chi connectivity index (χ3v) is 3.28. The molecule has 1 aromatic rings. The predicted molar refractivity (Wildman–Crippen MR) is 68.7 cm³/mol. The van der Waals surface area contributed by atoms with Gasteiger partial charge in [0.05, 0.1) is 0 Å². The Morgan fingerprint density at radius 3 is 2.89 bits per heavy atom. The molecule has 1 atom stereocenters. The Balaban J connectivity index is 1.99. The van der Waals surface area contributed by atoms with Gasteiger partial charge in [0.2, 0.25) is 0 Å². The highest BCUT2D eigenvalue weighted by Crippen LogP contribution is 2.31. The highest BCUT2D eigenvalue weighted by Gasteiger charge is 2.29. The van der Waals surface area contributed by atoms with Crippen molar-refractivity contribution >= 4 is 5.91 Å². The topological polar surface area (TPSA) is 58.6 Å². The molecule has 18 heavy (non-hydrogen) atoms. The van der Waals surface area contributed by atoms with Gasteiger partial charge in [0, 0.05) is 19.6 Å². The quantitative estimate of drug-likeness (QED) is 0.786. The predicted octanol–water partition coefficient (Wildman–Crippen LogP) is 1.11. The molecule has 98 valence electrons. The molecule has 1 aliphatic rings. The van der Waals surface area contributed by atoms with E-state index in [-0.39, 0.29) is 12.5 Å². The van der Waals surface area contributed by atoms with Crippen LogP contribution in [0.25, 0.3) is 0 Å². The lowest BCUT2D eigenvalue weighted by Crippen LogP contribution is -2.38. The summed E-state index contributed by atoms with van der Waals surface area (Å²) in [6.07, 6.45) is 0.769. The molecule has 2 rings (SSSR count). The van der Waals surface area contributed by atoms with Gasteiger partial charge in [-0.2, -0.15) is 0 Å². The molecule has 0 aromatic heterocycles. The summed E-state index contributed by atoms with van der Waals surface area (Å²) in [7, 11) is 0. The number of ether oxygens (including phenoxy) is 1. The molecule has 1 aliphatic heterocycles. The number of aryl methyl sites for hydroxylation is 2. The van der Waals surface area contributed by atoms with Crippen molar-refractivity contribution in [2.75, 3.05) is 13.2 Å². The van der Waals surface area contributed by atoms with Crippen LogP contribution in [0.3, 0.4) is 0 Å². The summed E-state index contributed by atoms with van der Waals surface area (Å²) in [6, 6.07) is 4.08. The highest BCUT2D eigenvalue weighted by molar-refractivity contribution is 5.82. The smallest absolute Gasteiger partial charge is 0.261 e. The summed E-state index contributed by atoms with van der Waals surface area (Å²) >= 11 is 0. The molecule has 0 radical (unpaired) electrons. The van der Waals surface area contributed by atoms with E-state index in [1.54, 1.807) is 0 Å². The van der Waals surface area contributed by atoms with E-state index in [4.69, 9.17) is 9.84 Å². The van der Waals surface area contributed by atoms with E-state index in [0.29, 0.717) is 19.4 Å². The molecule has 2 N–H and O–H groups in total. The summed E-state index contributed by atoms with van der Waals surface area (Å²) in [5, 5.41) is 11.4. The number of rotatable bonds is 4. The normalized spacial score (nSPS) is 17.2. The van der Waals surface area contributed by atoms with Crippen molar-refractivity contribution in [1.82, 2.24) is 5.32 Å². The monoisotopic (exact) mass is 249 g/mol. The van der Waals surface area contributed by atoms with Crippen LogP contribution < -0.4 is 10.1 Å². The van der Waals surface area contributed by atoms with Gasteiger partial charge in [0.15, 0.2) is 6.10 Å². The van der Waals surface area contributed by atoms with Crippen LogP contribution in [0.5, 0.6) is 5.75 Å². The van der Waals surface area contributed by atoms with Gasteiger partial charge >= 0.3 is 0 Å². The van der Waals surface area contributed by atoms with Crippen LogP contribution in [0.4, 0.5) is 0 Å². The average Bonchev–Trinajstić information content (AvgIpc) is 2.73. The number of carbonyl (C=O) groups is 1. The molecule has 4 heteroatoms. The van der Waals surface area contributed by atoms with Gasteiger partial charge in [0.25, 0.3) is 5.91 Å². The molecule has 1 amide bonds. The van der Waals surface area contributed by atoms with Crippen LogP contribution in [0.2, 0.25) is 0 Å². The van der Waals surface area contributed by atoms with Crippen LogP contribution in [0, 0.1) is 13.8 Å². The highest BCUT2D eigenvalue weighted by atomic mass is 16.5. The molecule has 0 bridgehead atoms. The first-order chi connectivity index (χ1) is 8.61. The standard InChI is InChI=1S/C14H19NO3/c1-9-6-11-8-13(14(17)15-4-3-5-16)18-12(11)7-10(9)2/h6-7,13,16H,3-5,8H2,1-2H3,(H,15,17). The third kappa shape index (κ3) is 2.64. The summed E-state index contributed by atoms with van der Waals surface area (Å²) in [5.74, 6) is 0.718. The molecule has 4 nitrogen and oxygen atoms in total. The molecule has 0 aliphatic carbocycles. The number of hydrogen-bond donors (Lipinski definition) is 2. The molecular formula is C14H19NO3. The Hall–Kier alpha value is -1.55. The van der Waals surface area contributed by atoms with Gasteiger partial charge < -0.3 is 15.2 Å². The number of benzene rings is 1. The zero-order chi connectivity index (χ0) is 13.1. The Morgan fingerprint density at radius 1 is 1.44 bits per heavy atom. The Kier molecular flexibility index (Phi) is 3.87. The van der Waals surface area contributed by atoms with Gasteiger partial charge in [-0.25, -0.2) is 0 Å². The number of aliphatic hydroxyl groups excluding tert-OH is 1. The van der Waals surface area contributed by atoms with Crippen molar-refractivity contribution in [3.8, 4) is 5.75 Å². The van der Waals surface area contributed by atoms with Gasteiger partial charge in [-0.1, -0.05) is 6.07 Å². The van der Waals surface area contributed by atoms with Gasteiger partial charge in [-0.15, -0.1) is 0 Å². The molecule has 0 saturated carbocycles. The first kappa shape index (κ1) is 12.9. The maximum atomic E-state index is 11.8. The van der Waals surface area contributed by atoms with E-state index >= 15 is 0 Å². The SMILES string of the molecule is Cc1cc2c(cc1C)OC(C(=O)NCCCO)C2. The first-order valence-electron chi connectivity index (χ1n) is 6.27. The van der Waals surface area contributed by atoms with Gasteiger partial charge in [-0.3, -0.25) is 4.79 Å². The average molecular weight is 249 g/mol. The van der Waals surface area contributed by atoms with Crippen LogP contribution >= 0.6 is 0 Å². The van der Waals surface area contributed by atoms with E-state index in [1.807, 2.05) is 13.0 Å². The summed E-state index contributed by atoms with van der Waals surface area (Å²) in [5.41, 5.74) is 3.49. The van der Waals surface area contributed by atoms with Crippen molar-refractivity contribution in [2.24, 2.45) is 0 Å². The summed E-state index contributed by atoms with van der Waals surface area (Å²) in [6.45, 7) is 4.67. The number of fused-ring (bicyclic) bond motifs is 1. The lowest BCUT2D eigenvalue weighted by molar-refractivity contribution is -0.127. The van der Waals surface area contributed by atoms with E-state index in [2.05, 4.69) is 18.3 Å². The first-order valence-corrected chi connectivity index (χ1v) is 6.27. The maximum Gasteiger partial charge on any atom is 0.261 e. The van der Waals surface area contributed by atoms with Crippen LogP contribution in [0.1, 0.15) is 23.1 Å². The second kappa shape index (κ2) is 5.40. The van der Waals surface area contributed by atoms with Gasteiger partial charge in [-0.05, 0) is 43.0 Å². The van der Waals surface area contributed by atoms with Crippen LogP contribution in [0.15, 0.2) is 12.1 Å². The number of hydrogen-bond acceptors (Lipinski definition) is 3. The van der Waals surface area contributed by atoms with E-state index in [1.165, 1.54) is 11.1 Å². The Bertz CT molecular complexity index is 426. The zero-order valence-corrected chi connectivity index (χ0v) is 10.8. The fourth-order valence-corrected chi connectivity index (χ4v) is 2.06. The molecule has 0 saturated heterocycles. The molecule has 1 aromatic carbocycles. The summed E-state index contributed by atoms with van der Waals surface area (Å²) in [4.78, 5) is 11.8. The molecule has 0 spiro atoms. The fraction of sp³-hybridized carbons (Fsp3) is 0.500. The molecule has 0 fully saturated rings. The van der Waals surface area contributed by atoms with Crippen LogP contribution in [-0.4, -0.2) is 30.3 Å². The number of nitrogens with one attached hydrogen (secondary N) is 1. The Morgan fingerprint density at radius 2 is 2.17 bits per heavy atom. The minimum atomic E-state index is -0.431. The van der Waals surface area contributed by atoms with Crippen LogP contribution in [-0.2, 0) is 11.2 Å². The number of aliphatic hydroxyl groups is 1. The molecular weight excluding hydrogens is 230 g/mol.